The van der Waals surface area contributed by atoms with E-state index in [-0.39, 0.29) is 17.1 Å². The molecule has 0 atom stereocenters. The van der Waals surface area contributed by atoms with Crippen LogP contribution in [0.3, 0.4) is 0 Å². The molecule has 1 heterocycles. The van der Waals surface area contributed by atoms with E-state index in [1.807, 2.05) is 0 Å². The van der Waals surface area contributed by atoms with Crippen LogP contribution in [0.2, 0.25) is 0 Å². The largest absolute Gasteiger partial charge is 0.348 e. The van der Waals surface area contributed by atoms with Crippen molar-refractivity contribution in [2.75, 3.05) is 13.2 Å². The number of hydrogen-bond donors (Lipinski definition) is 0. The van der Waals surface area contributed by atoms with Crippen LogP contribution in [0.5, 0.6) is 0 Å². The third-order valence-corrected chi connectivity index (χ3v) is 4.03. The van der Waals surface area contributed by atoms with Crippen LogP contribution in [0.15, 0.2) is 11.1 Å². The Morgan fingerprint density at radius 2 is 1.65 bits per heavy atom. The lowest BCUT2D eigenvalue weighted by Crippen LogP contribution is -2.42. The molecule has 0 amide bonds. The van der Waals surface area contributed by atoms with Gasteiger partial charge in [-0.25, -0.2) is 0 Å². The minimum absolute atomic E-state index is 0.0988. The zero-order valence-electron chi connectivity index (χ0n) is 11.9. The maximum atomic E-state index is 5.96. The van der Waals surface area contributed by atoms with Gasteiger partial charge in [0.05, 0.1) is 13.2 Å². The van der Waals surface area contributed by atoms with Gasteiger partial charge in [-0.05, 0) is 37.2 Å². The van der Waals surface area contributed by atoms with Gasteiger partial charge in [-0.2, -0.15) is 0 Å². The molecule has 98 valence electrons. The van der Waals surface area contributed by atoms with Crippen LogP contribution in [0.1, 0.15) is 53.9 Å². The fourth-order valence-corrected chi connectivity index (χ4v) is 3.02. The molecule has 2 heteroatoms. The molecule has 2 rings (SSSR count). The van der Waals surface area contributed by atoms with E-state index in [1.54, 1.807) is 0 Å². The van der Waals surface area contributed by atoms with E-state index in [0.717, 1.165) is 13.2 Å². The maximum Gasteiger partial charge on any atom is 0.180 e. The predicted molar refractivity (Wildman–Crippen MR) is 69.8 cm³/mol. The molecule has 0 unspecified atom stereocenters. The summed E-state index contributed by atoms with van der Waals surface area (Å²) in [5.74, 6) is 0. The summed E-state index contributed by atoms with van der Waals surface area (Å²) in [4.78, 5) is 0. The molecule has 0 bridgehead atoms. The molecule has 1 saturated heterocycles. The van der Waals surface area contributed by atoms with Crippen molar-refractivity contribution in [3.05, 3.63) is 11.1 Å². The molecule has 0 aromatic rings. The van der Waals surface area contributed by atoms with Crippen molar-refractivity contribution in [3.63, 3.8) is 0 Å². The second-order valence-electron chi connectivity index (χ2n) is 7.05. The zero-order valence-corrected chi connectivity index (χ0v) is 11.9. The number of ether oxygens (including phenoxy) is 2. The van der Waals surface area contributed by atoms with Crippen molar-refractivity contribution >= 4 is 0 Å². The second kappa shape index (κ2) is 4.40. The molecule has 0 aromatic heterocycles. The topological polar surface area (TPSA) is 18.5 Å². The van der Waals surface area contributed by atoms with Crippen LogP contribution in [0.4, 0.5) is 0 Å². The molecule has 0 N–H and O–H groups in total. The first kappa shape index (κ1) is 13.1. The SMILES string of the molecule is CC1=C(C2OCC(C)(C)CO2)C(C)(C)CCC1. The van der Waals surface area contributed by atoms with E-state index in [2.05, 4.69) is 34.6 Å². The minimum atomic E-state index is -0.0988. The standard InChI is InChI=1S/C15H26O2/c1-11-7-6-8-15(4,5)12(11)13-16-9-14(2,3)10-17-13/h13H,6-10H2,1-5H3. The lowest BCUT2D eigenvalue weighted by Gasteiger charge is -2.42. The molecule has 17 heavy (non-hydrogen) atoms. The second-order valence-corrected chi connectivity index (χ2v) is 7.05. The van der Waals surface area contributed by atoms with Crippen molar-refractivity contribution in [3.8, 4) is 0 Å². The smallest absolute Gasteiger partial charge is 0.180 e. The molecule has 2 aliphatic rings. The van der Waals surface area contributed by atoms with Crippen molar-refractivity contribution in [2.24, 2.45) is 10.8 Å². The Kier molecular flexibility index (Phi) is 3.39. The summed E-state index contributed by atoms with van der Waals surface area (Å²) in [6, 6.07) is 0. The summed E-state index contributed by atoms with van der Waals surface area (Å²) in [5, 5.41) is 0. The Morgan fingerprint density at radius 1 is 1.06 bits per heavy atom. The van der Waals surface area contributed by atoms with Gasteiger partial charge < -0.3 is 9.47 Å². The van der Waals surface area contributed by atoms with E-state index in [4.69, 9.17) is 9.47 Å². The highest BCUT2D eigenvalue weighted by molar-refractivity contribution is 5.25. The van der Waals surface area contributed by atoms with Crippen molar-refractivity contribution in [1.82, 2.24) is 0 Å². The summed E-state index contributed by atoms with van der Waals surface area (Å²) >= 11 is 0. The quantitative estimate of drug-likeness (QED) is 0.645. The molecule has 1 aliphatic carbocycles. The van der Waals surface area contributed by atoms with E-state index in [9.17, 15) is 0 Å². The highest BCUT2D eigenvalue weighted by Gasteiger charge is 2.38. The molecule has 0 saturated carbocycles. The van der Waals surface area contributed by atoms with E-state index < -0.39 is 0 Å². The predicted octanol–water partition coefficient (Wildman–Crippen LogP) is 3.91. The van der Waals surface area contributed by atoms with Gasteiger partial charge in [0.15, 0.2) is 6.29 Å². The van der Waals surface area contributed by atoms with Gasteiger partial charge in [-0.3, -0.25) is 0 Å². The first-order chi connectivity index (χ1) is 7.82. The van der Waals surface area contributed by atoms with Crippen LogP contribution < -0.4 is 0 Å². The van der Waals surface area contributed by atoms with Crippen LogP contribution >= 0.6 is 0 Å². The lowest BCUT2D eigenvalue weighted by atomic mass is 9.72. The van der Waals surface area contributed by atoms with Crippen LogP contribution in [-0.4, -0.2) is 19.5 Å². The summed E-state index contributed by atoms with van der Waals surface area (Å²) < 4.78 is 11.9. The summed E-state index contributed by atoms with van der Waals surface area (Å²) in [7, 11) is 0. The number of allylic oxidation sites excluding steroid dienone is 1. The first-order valence-corrected chi connectivity index (χ1v) is 6.75. The first-order valence-electron chi connectivity index (χ1n) is 6.75. The zero-order chi connectivity index (χ0) is 12.7. The van der Waals surface area contributed by atoms with Gasteiger partial charge >= 0.3 is 0 Å². The van der Waals surface area contributed by atoms with Gasteiger partial charge in [-0.1, -0.05) is 33.3 Å². The third-order valence-electron chi connectivity index (χ3n) is 4.03. The Bertz CT molecular complexity index is 316. The van der Waals surface area contributed by atoms with E-state index in [1.165, 1.54) is 30.4 Å². The Labute approximate surface area is 105 Å². The summed E-state index contributed by atoms with van der Waals surface area (Å²) in [6.45, 7) is 12.8. The fraction of sp³-hybridized carbons (Fsp3) is 0.867. The summed E-state index contributed by atoms with van der Waals surface area (Å²) in [6.07, 6.45) is 3.64. The van der Waals surface area contributed by atoms with Crippen LogP contribution in [-0.2, 0) is 9.47 Å². The van der Waals surface area contributed by atoms with Crippen LogP contribution in [0, 0.1) is 10.8 Å². The van der Waals surface area contributed by atoms with E-state index >= 15 is 0 Å². The molecule has 0 radical (unpaired) electrons. The van der Waals surface area contributed by atoms with Gasteiger partial charge in [0.25, 0.3) is 0 Å². The molecule has 1 aliphatic heterocycles. The average Bonchev–Trinajstić information content (AvgIpc) is 2.19. The molecule has 0 aromatic carbocycles. The van der Waals surface area contributed by atoms with E-state index in [0.29, 0.717) is 0 Å². The van der Waals surface area contributed by atoms with Crippen LogP contribution in [0.25, 0.3) is 0 Å². The average molecular weight is 238 g/mol. The normalized spacial score (nSPS) is 29.5. The highest BCUT2D eigenvalue weighted by Crippen LogP contribution is 2.44. The highest BCUT2D eigenvalue weighted by atomic mass is 16.7. The summed E-state index contributed by atoms with van der Waals surface area (Å²) in [5.41, 5.74) is 3.27. The molecular weight excluding hydrogens is 212 g/mol. The van der Waals surface area contributed by atoms with Gasteiger partial charge in [-0.15, -0.1) is 0 Å². The van der Waals surface area contributed by atoms with Gasteiger partial charge in [0.1, 0.15) is 0 Å². The molecule has 1 fully saturated rings. The Balaban J connectivity index is 2.16. The molecule has 0 spiro atoms. The third kappa shape index (κ3) is 2.74. The van der Waals surface area contributed by atoms with Gasteiger partial charge in [0.2, 0.25) is 0 Å². The Hall–Kier alpha value is -0.340. The van der Waals surface area contributed by atoms with Crippen molar-refractivity contribution < 1.29 is 9.47 Å². The van der Waals surface area contributed by atoms with Crippen molar-refractivity contribution in [1.29, 1.82) is 0 Å². The molecule has 2 nitrogen and oxygen atoms in total. The minimum Gasteiger partial charge on any atom is -0.348 e. The maximum absolute atomic E-state index is 5.96. The number of hydrogen-bond acceptors (Lipinski definition) is 2. The monoisotopic (exact) mass is 238 g/mol. The van der Waals surface area contributed by atoms with Crippen molar-refractivity contribution in [2.45, 2.75) is 60.2 Å². The fourth-order valence-electron chi connectivity index (χ4n) is 3.02. The Morgan fingerprint density at radius 3 is 2.18 bits per heavy atom. The lowest BCUT2D eigenvalue weighted by molar-refractivity contribution is -0.209. The van der Waals surface area contributed by atoms with Gasteiger partial charge in [0, 0.05) is 5.41 Å². The molecular formula is C15H26O2. The number of rotatable bonds is 1.